The van der Waals surface area contributed by atoms with Gasteiger partial charge in [0.15, 0.2) is 11.2 Å². The fourth-order valence-electron chi connectivity index (χ4n) is 1.90. The zero-order valence-electron chi connectivity index (χ0n) is 10.0. The molecule has 8 nitrogen and oxygen atoms in total. The van der Waals surface area contributed by atoms with Crippen LogP contribution in [0, 0.1) is 0 Å². The molecule has 0 saturated carbocycles. The highest BCUT2D eigenvalue weighted by Crippen LogP contribution is 2.17. The van der Waals surface area contributed by atoms with Gasteiger partial charge in [-0.1, -0.05) is 0 Å². The van der Waals surface area contributed by atoms with Gasteiger partial charge in [-0.05, 0) is 22.0 Å². The van der Waals surface area contributed by atoms with Crippen molar-refractivity contribution in [3.8, 4) is 0 Å². The van der Waals surface area contributed by atoms with E-state index in [-0.39, 0.29) is 24.0 Å². The molecule has 0 atom stereocenters. The van der Waals surface area contributed by atoms with Gasteiger partial charge in [-0.25, -0.2) is 4.52 Å². The maximum Gasteiger partial charge on any atom is 0.305 e. The van der Waals surface area contributed by atoms with E-state index in [2.05, 4.69) is 31.2 Å². The van der Waals surface area contributed by atoms with Crippen molar-refractivity contribution in [1.82, 2.24) is 24.4 Å². The summed E-state index contributed by atoms with van der Waals surface area (Å²) in [5.74, 6) is -0.963. The minimum absolute atomic E-state index is 0.0899. The molecule has 0 aliphatic heterocycles. The first-order chi connectivity index (χ1) is 9.58. The summed E-state index contributed by atoms with van der Waals surface area (Å²) in [4.78, 5) is 22.8. The van der Waals surface area contributed by atoms with Crippen molar-refractivity contribution in [1.29, 1.82) is 0 Å². The number of nitrogens with zero attached hydrogens (tertiary/aromatic N) is 5. The van der Waals surface area contributed by atoms with Crippen LogP contribution in [-0.2, 0) is 11.3 Å². The fraction of sp³-hybridized carbons (Fsp3) is 0.182. The Bertz CT molecular complexity index is 885. The molecule has 3 aromatic rings. The van der Waals surface area contributed by atoms with Crippen LogP contribution in [0.3, 0.4) is 0 Å². The average Bonchev–Trinajstić information content (AvgIpc) is 2.80. The number of carbonyl (C=O) groups is 1. The van der Waals surface area contributed by atoms with Crippen molar-refractivity contribution >= 4 is 38.6 Å². The van der Waals surface area contributed by atoms with E-state index in [1.165, 1.54) is 15.3 Å². The van der Waals surface area contributed by atoms with Crippen molar-refractivity contribution in [3.63, 3.8) is 0 Å². The number of carboxylic acids is 1. The van der Waals surface area contributed by atoms with Crippen molar-refractivity contribution in [2.45, 2.75) is 13.0 Å². The van der Waals surface area contributed by atoms with Gasteiger partial charge in [0.25, 0.3) is 5.56 Å². The van der Waals surface area contributed by atoms with Gasteiger partial charge >= 0.3 is 5.97 Å². The number of rotatable bonds is 3. The quantitative estimate of drug-likeness (QED) is 0.753. The summed E-state index contributed by atoms with van der Waals surface area (Å²) in [5.41, 5.74) is 0.809. The highest BCUT2D eigenvalue weighted by molar-refractivity contribution is 9.10. The second kappa shape index (κ2) is 4.67. The van der Waals surface area contributed by atoms with Crippen molar-refractivity contribution in [2.24, 2.45) is 0 Å². The fourth-order valence-corrected chi connectivity index (χ4v) is 2.23. The van der Waals surface area contributed by atoms with Crippen molar-refractivity contribution < 1.29 is 9.90 Å². The molecule has 0 fully saturated rings. The molecule has 3 rings (SSSR count). The van der Waals surface area contributed by atoms with Crippen molar-refractivity contribution in [3.05, 3.63) is 33.3 Å². The van der Waals surface area contributed by atoms with Crippen LogP contribution in [0.15, 0.2) is 27.7 Å². The Morgan fingerprint density at radius 2 is 2.20 bits per heavy atom. The lowest BCUT2D eigenvalue weighted by Gasteiger charge is -2.05. The highest BCUT2D eigenvalue weighted by atomic mass is 79.9. The molecule has 0 aromatic carbocycles. The maximum atomic E-state index is 12.2. The van der Waals surface area contributed by atoms with Crippen LogP contribution < -0.4 is 5.56 Å². The number of aliphatic carboxylic acids is 1. The number of hydrogen-bond donors (Lipinski definition) is 1. The van der Waals surface area contributed by atoms with E-state index in [1.54, 1.807) is 12.3 Å². The van der Waals surface area contributed by atoms with Crippen molar-refractivity contribution in [2.75, 3.05) is 0 Å². The van der Waals surface area contributed by atoms with Crippen LogP contribution in [-0.4, -0.2) is 35.5 Å². The van der Waals surface area contributed by atoms with Gasteiger partial charge in [-0.15, -0.1) is 10.2 Å². The van der Waals surface area contributed by atoms with Crippen LogP contribution in [0.2, 0.25) is 0 Å². The summed E-state index contributed by atoms with van der Waals surface area (Å²) in [7, 11) is 0. The number of hydrogen-bond acceptors (Lipinski definition) is 5. The zero-order chi connectivity index (χ0) is 14.3. The minimum atomic E-state index is -0.963. The Morgan fingerprint density at radius 1 is 1.40 bits per heavy atom. The van der Waals surface area contributed by atoms with E-state index in [9.17, 15) is 9.59 Å². The molecule has 102 valence electrons. The maximum absolute atomic E-state index is 12.2. The molecule has 20 heavy (non-hydrogen) atoms. The topological polar surface area (TPSA) is 102 Å². The molecule has 3 heterocycles. The number of halogens is 1. The van der Waals surface area contributed by atoms with E-state index in [0.29, 0.717) is 15.6 Å². The van der Waals surface area contributed by atoms with Gasteiger partial charge in [-0.3, -0.25) is 9.59 Å². The molecular formula is C11H8BrN5O3. The van der Waals surface area contributed by atoms with E-state index in [1.807, 2.05) is 0 Å². The van der Waals surface area contributed by atoms with Gasteiger partial charge in [0.05, 0.1) is 17.1 Å². The van der Waals surface area contributed by atoms with Crippen LogP contribution >= 0.6 is 15.9 Å². The second-order valence-electron chi connectivity index (χ2n) is 4.12. The molecule has 9 heteroatoms. The Balaban J connectivity index is 2.21. The molecule has 0 bridgehead atoms. The third-order valence-electron chi connectivity index (χ3n) is 2.86. The normalized spacial score (nSPS) is 11.2. The largest absolute Gasteiger partial charge is 0.481 e. The summed E-state index contributed by atoms with van der Waals surface area (Å²) in [6.07, 6.45) is 2.97. The lowest BCUT2D eigenvalue weighted by Crippen LogP contribution is -2.22. The first-order valence-electron chi connectivity index (χ1n) is 5.69. The highest BCUT2D eigenvalue weighted by Gasteiger charge is 2.12. The van der Waals surface area contributed by atoms with Crippen LogP contribution in [0.1, 0.15) is 6.42 Å². The number of carboxylic acid groups (broad SMARTS) is 1. The third-order valence-corrected chi connectivity index (χ3v) is 3.42. The van der Waals surface area contributed by atoms with Crippen LogP contribution in [0.25, 0.3) is 16.7 Å². The molecule has 0 aliphatic carbocycles. The Hall–Kier alpha value is -2.29. The molecule has 0 radical (unpaired) electrons. The smallest absolute Gasteiger partial charge is 0.305 e. The van der Waals surface area contributed by atoms with Gasteiger partial charge < -0.3 is 9.67 Å². The second-order valence-corrected chi connectivity index (χ2v) is 4.97. The molecule has 0 saturated heterocycles. The van der Waals surface area contributed by atoms with E-state index in [0.717, 1.165) is 0 Å². The molecule has 3 aromatic heterocycles. The van der Waals surface area contributed by atoms with E-state index >= 15 is 0 Å². The summed E-state index contributed by atoms with van der Waals surface area (Å²) < 4.78 is 3.49. The minimum Gasteiger partial charge on any atom is -0.481 e. The zero-order valence-corrected chi connectivity index (χ0v) is 11.6. The predicted molar refractivity (Wildman–Crippen MR) is 72.5 cm³/mol. The van der Waals surface area contributed by atoms with Gasteiger partial charge in [0.1, 0.15) is 5.52 Å². The summed E-state index contributed by atoms with van der Waals surface area (Å²) in [5, 5.41) is 20.6. The number of aromatic nitrogens is 5. The predicted octanol–water partition coefficient (Wildman–Crippen LogP) is 0.676. The molecule has 0 spiro atoms. The Labute approximate surface area is 119 Å². The summed E-state index contributed by atoms with van der Waals surface area (Å²) in [6.45, 7) is 0.0899. The Morgan fingerprint density at radius 3 is 2.95 bits per heavy atom. The molecule has 0 amide bonds. The molecule has 1 N–H and O–H groups in total. The van der Waals surface area contributed by atoms with E-state index in [4.69, 9.17) is 5.11 Å². The first-order valence-corrected chi connectivity index (χ1v) is 6.48. The summed E-state index contributed by atoms with van der Waals surface area (Å²) in [6, 6.07) is 1.67. The molecule has 0 unspecified atom stereocenters. The number of aryl methyl sites for hydroxylation is 1. The number of pyridine rings is 1. The standard InChI is InChI=1S/C11H8BrN5O3/c12-6-5-13-17-7-1-3-16(4-2-8(18)19)11(20)9(7)14-15-10(6)17/h1,3,5H,2,4H2,(H,18,19). The first kappa shape index (κ1) is 12.7. The van der Waals surface area contributed by atoms with Gasteiger partial charge in [0, 0.05) is 12.7 Å². The third kappa shape index (κ3) is 1.95. The summed E-state index contributed by atoms with van der Waals surface area (Å²) >= 11 is 3.29. The van der Waals surface area contributed by atoms with Crippen LogP contribution in [0.5, 0.6) is 0 Å². The lowest BCUT2D eigenvalue weighted by atomic mass is 10.3. The number of fused-ring (bicyclic) bond motifs is 3. The molecule has 0 aliphatic rings. The SMILES string of the molecule is O=C(O)CCn1ccc2c(nnc3c(Br)cnn32)c1=O. The van der Waals surface area contributed by atoms with Gasteiger partial charge in [-0.2, -0.15) is 5.10 Å². The Kier molecular flexibility index (Phi) is 2.97. The van der Waals surface area contributed by atoms with Gasteiger partial charge in [0.2, 0.25) is 0 Å². The average molecular weight is 338 g/mol. The molecular weight excluding hydrogens is 330 g/mol. The van der Waals surface area contributed by atoms with Crippen LogP contribution in [0.4, 0.5) is 0 Å². The van der Waals surface area contributed by atoms with E-state index < -0.39 is 5.97 Å². The lowest BCUT2D eigenvalue weighted by molar-refractivity contribution is -0.137. The monoisotopic (exact) mass is 337 g/mol.